The van der Waals surface area contributed by atoms with Crippen molar-refractivity contribution in [1.29, 1.82) is 0 Å². The van der Waals surface area contributed by atoms with Gasteiger partial charge in [0.25, 0.3) is 17.5 Å². The molecule has 2 aromatic carbocycles. The first-order valence-electron chi connectivity index (χ1n) is 11.5. The van der Waals surface area contributed by atoms with E-state index in [1.807, 2.05) is 30.3 Å². The molecule has 1 heterocycles. The number of nitro groups is 1. The Balaban J connectivity index is 1.85. The summed E-state index contributed by atoms with van der Waals surface area (Å²) in [6.45, 7) is 3.01. The predicted molar refractivity (Wildman–Crippen MR) is 128 cm³/mol. The second-order valence-corrected chi connectivity index (χ2v) is 8.40. The highest BCUT2D eigenvalue weighted by atomic mass is 16.6. The Hall–Kier alpha value is -3.48. The van der Waals surface area contributed by atoms with Gasteiger partial charge in [-0.05, 0) is 29.7 Å². The van der Waals surface area contributed by atoms with Crippen molar-refractivity contribution in [3.63, 3.8) is 0 Å². The Morgan fingerprint density at radius 2 is 1.52 bits per heavy atom. The lowest BCUT2D eigenvalue weighted by molar-refractivity contribution is -0.384. The number of imide groups is 1. The van der Waals surface area contributed by atoms with E-state index in [1.165, 1.54) is 29.9 Å². The minimum atomic E-state index is -0.479. The molecule has 1 aliphatic rings. The van der Waals surface area contributed by atoms with E-state index in [4.69, 9.17) is 0 Å². The van der Waals surface area contributed by atoms with Gasteiger partial charge in [0.15, 0.2) is 0 Å². The number of likely N-dealkylation sites (N-methyl/N-ethyl adjacent to an activating group) is 1. The van der Waals surface area contributed by atoms with Crippen molar-refractivity contribution in [2.24, 2.45) is 0 Å². The van der Waals surface area contributed by atoms with Gasteiger partial charge in [-0.3, -0.25) is 24.6 Å². The third-order valence-corrected chi connectivity index (χ3v) is 5.89. The van der Waals surface area contributed by atoms with Gasteiger partial charge in [-0.1, -0.05) is 69.4 Å². The first kappa shape index (κ1) is 24.2. The Morgan fingerprint density at radius 3 is 2.15 bits per heavy atom. The van der Waals surface area contributed by atoms with Gasteiger partial charge in [0, 0.05) is 32.3 Å². The maximum atomic E-state index is 13.4. The number of nitrogens with zero attached hydrogens (tertiary/aromatic N) is 3. The van der Waals surface area contributed by atoms with Crippen LogP contribution in [-0.2, 0) is 16.1 Å². The molecule has 0 atom stereocenters. The molecule has 0 saturated heterocycles. The summed E-state index contributed by atoms with van der Waals surface area (Å²) in [5.74, 6) is -0.641. The van der Waals surface area contributed by atoms with Crippen molar-refractivity contribution in [3.05, 3.63) is 81.5 Å². The van der Waals surface area contributed by atoms with Gasteiger partial charge >= 0.3 is 0 Å². The molecule has 0 spiro atoms. The van der Waals surface area contributed by atoms with E-state index >= 15 is 0 Å². The fourth-order valence-corrected chi connectivity index (χ4v) is 4.12. The van der Waals surface area contributed by atoms with Gasteiger partial charge in [0.1, 0.15) is 5.70 Å². The fourth-order valence-electron chi connectivity index (χ4n) is 4.12. The summed E-state index contributed by atoms with van der Waals surface area (Å²) in [6, 6.07) is 15.6. The molecule has 2 aromatic rings. The van der Waals surface area contributed by atoms with Crippen LogP contribution in [0.5, 0.6) is 0 Å². The maximum Gasteiger partial charge on any atom is 0.277 e. The van der Waals surface area contributed by atoms with Crippen LogP contribution in [0, 0.1) is 10.1 Å². The quantitative estimate of drug-likeness (QED) is 0.193. The van der Waals surface area contributed by atoms with Crippen LogP contribution in [0.3, 0.4) is 0 Å². The van der Waals surface area contributed by atoms with Crippen molar-refractivity contribution in [3.8, 4) is 0 Å². The maximum absolute atomic E-state index is 13.4. The lowest BCUT2D eigenvalue weighted by Gasteiger charge is -2.21. The number of unbranched alkanes of at least 4 members (excludes halogenated alkanes) is 5. The summed E-state index contributed by atoms with van der Waals surface area (Å²) in [6.07, 6.45) is 6.36. The van der Waals surface area contributed by atoms with E-state index in [0.717, 1.165) is 31.2 Å². The number of amides is 2. The van der Waals surface area contributed by atoms with Crippen LogP contribution in [0.2, 0.25) is 0 Å². The minimum absolute atomic E-state index is 0.0563. The number of hydrogen-bond donors (Lipinski definition) is 0. The Labute approximate surface area is 194 Å². The molecule has 7 heteroatoms. The van der Waals surface area contributed by atoms with Crippen LogP contribution in [0.25, 0.3) is 5.57 Å². The first-order chi connectivity index (χ1) is 15.9. The Bertz CT molecular complexity index is 1020. The molecule has 0 saturated carbocycles. The third kappa shape index (κ3) is 5.86. The van der Waals surface area contributed by atoms with Gasteiger partial charge in [0.2, 0.25) is 0 Å². The molecule has 7 nitrogen and oxygen atoms in total. The van der Waals surface area contributed by atoms with Gasteiger partial charge < -0.3 is 4.90 Å². The number of hydrogen-bond acceptors (Lipinski definition) is 5. The number of nitro benzene ring substituents is 1. The number of carbonyl (C=O) groups excluding carboxylic acids is 2. The van der Waals surface area contributed by atoms with Gasteiger partial charge in [-0.2, -0.15) is 0 Å². The molecule has 0 bridgehead atoms. The summed E-state index contributed by atoms with van der Waals surface area (Å²) in [5.41, 5.74) is 2.12. The van der Waals surface area contributed by atoms with Gasteiger partial charge in [-0.25, -0.2) is 0 Å². The molecule has 1 aliphatic heterocycles. The van der Waals surface area contributed by atoms with Crippen LogP contribution in [0.15, 0.2) is 60.3 Å². The predicted octanol–water partition coefficient (Wildman–Crippen LogP) is 5.17. The van der Waals surface area contributed by atoms with E-state index in [-0.39, 0.29) is 17.5 Å². The second kappa shape index (κ2) is 11.4. The van der Waals surface area contributed by atoms with E-state index in [2.05, 4.69) is 6.92 Å². The lowest BCUT2D eigenvalue weighted by atomic mass is 10.0. The number of benzene rings is 2. The molecule has 174 valence electrons. The minimum Gasteiger partial charge on any atom is -0.365 e. The monoisotopic (exact) mass is 449 g/mol. The average molecular weight is 450 g/mol. The summed E-state index contributed by atoms with van der Waals surface area (Å²) < 4.78 is 0. The molecule has 0 radical (unpaired) electrons. The van der Waals surface area contributed by atoms with Crippen molar-refractivity contribution in [2.75, 3.05) is 13.6 Å². The molecule has 0 aromatic heterocycles. The molecule has 2 amide bonds. The van der Waals surface area contributed by atoms with Crippen LogP contribution in [0.1, 0.15) is 56.6 Å². The number of carbonyl (C=O) groups is 2. The van der Waals surface area contributed by atoms with Gasteiger partial charge in [0.05, 0.1) is 10.5 Å². The highest BCUT2D eigenvalue weighted by Crippen LogP contribution is 2.33. The molecule has 3 rings (SSSR count). The summed E-state index contributed by atoms with van der Waals surface area (Å²) >= 11 is 0. The molecule has 0 fully saturated rings. The largest absolute Gasteiger partial charge is 0.365 e. The molecule has 0 unspecified atom stereocenters. The number of non-ortho nitro benzene ring substituents is 1. The third-order valence-electron chi connectivity index (χ3n) is 5.89. The molecule has 33 heavy (non-hydrogen) atoms. The summed E-state index contributed by atoms with van der Waals surface area (Å²) in [7, 11) is 1.80. The molecule has 0 N–H and O–H groups in total. The molecule has 0 aliphatic carbocycles. The number of rotatable bonds is 12. The van der Waals surface area contributed by atoms with E-state index in [1.54, 1.807) is 24.1 Å². The van der Waals surface area contributed by atoms with Crippen molar-refractivity contribution < 1.29 is 14.5 Å². The zero-order valence-corrected chi connectivity index (χ0v) is 19.3. The van der Waals surface area contributed by atoms with Crippen LogP contribution < -0.4 is 0 Å². The van der Waals surface area contributed by atoms with Crippen molar-refractivity contribution >= 4 is 23.1 Å². The Morgan fingerprint density at radius 1 is 0.879 bits per heavy atom. The fraction of sp³-hybridized carbons (Fsp3) is 0.385. The zero-order chi connectivity index (χ0) is 23.8. The average Bonchev–Trinajstić information content (AvgIpc) is 3.06. The van der Waals surface area contributed by atoms with E-state index in [0.29, 0.717) is 29.9 Å². The summed E-state index contributed by atoms with van der Waals surface area (Å²) in [4.78, 5) is 40.4. The van der Waals surface area contributed by atoms with Crippen molar-refractivity contribution in [1.82, 2.24) is 9.80 Å². The van der Waals surface area contributed by atoms with Crippen LogP contribution >= 0.6 is 0 Å². The normalized spacial score (nSPS) is 13.7. The molecular weight excluding hydrogens is 418 g/mol. The first-order valence-corrected chi connectivity index (χ1v) is 11.5. The van der Waals surface area contributed by atoms with E-state index < -0.39 is 4.92 Å². The van der Waals surface area contributed by atoms with E-state index in [9.17, 15) is 19.7 Å². The Kier molecular flexibility index (Phi) is 8.35. The smallest absolute Gasteiger partial charge is 0.277 e. The topological polar surface area (TPSA) is 83.8 Å². The second-order valence-electron chi connectivity index (χ2n) is 8.40. The highest BCUT2D eigenvalue weighted by Gasteiger charge is 2.40. The standard InChI is InChI=1S/C26H31N3O4/c1-3-4-5-6-7-11-18-28-25(30)23(21-14-16-22(17-15-21)29(32)33)24(26(28)31)27(2)19-20-12-9-8-10-13-20/h8-10,12-17H,3-7,11,18-19H2,1-2H3. The SMILES string of the molecule is CCCCCCCCN1C(=O)C(c2ccc([N+](=O)[O-])cc2)=C(N(C)Cc2ccccc2)C1=O. The van der Waals surface area contributed by atoms with Crippen LogP contribution in [-0.4, -0.2) is 40.1 Å². The van der Waals surface area contributed by atoms with Crippen molar-refractivity contribution in [2.45, 2.75) is 52.0 Å². The zero-order valence-electron chi connectivity index (χ0n) is 19.3. The molecular formula is C26H31N3O4. The van der Waals surface area contributed by atoms with Gasteiger partial charge in [-0.15, -0.1) is 0 Å². The lowest BCUT2D eigenvalue weighted by Crippen LogP contribution is -2.34. The highest BCUT2D eigenvalue weighted by molar-refractivity contribution is 6.35. The van der Waals surface area contributed by atoms with Crippen LogP contribution in [0.4, 0.5) is 5.69 Å². The summed E-state index contributed by atoms with van der Waals surface area (Å²) in [5, 5.41) is 11.0.